The first-order valence-electron chi connectivity index (χ1n) is 20.8. The van der Waals surface area contributed by atoms with Crippen LogP contribution in [0.25, 0.3) is 33.4 Å². The van der Waals surface area contributed by atoms with Gasteiger partial charge < -0.3 is 33.7 Å². The monoisotopic (exact) mass is 979 g/mol. The average Bonchev–Trinajstić information content (AvgIpc) is 3.81. The zero-order valence-electron chi connectivity index (χ0n) is 37.8. The van der Waals surface area contributed by atoms with Crippen LogP contribution in [0.2, 0.25) is 0 Å². The number of aryl methyl sites for hydroxylation is 1. The highest BCUT2D eigenvalue weighted by Gasteiger charge is 2.39. The number of aromatic nitrogens is 3. The van der Waals surface area contributed by atoms with E-state index in [1.165, 1.54) is 21.2 Å². The Kier molecular flexibility index (Phi) is 20.0. The molecule has 2 fully saturated rings. The third kappa shape index (κ3) is 11.7. The lowest BCUT2D eigenvalue weighted by atomic mass is 9.84. The van der Waals surface area contributed by atoms with Crippen LogP contribution in [0, 0.1) is 11.3 Å². The number of amides is 3. The van der Waals surface area contributed by atoms with Gasteiger partial charge in [-0.2, -0.15) is 54.0 Å². The maximum atomic E-state index is 14.4. The van der Waals surface area contributed by atoms with Gasteiger partial charge in [0.25, 0.3) is 11.8 Å². The highest BCUT2D eigenvalue weighted by atomic mass is 32.1. The molecule has 0 spiro atoms. The van der Waals surface area contributed by atoms with Crippen molar-refractivity contribution in [1.29, 1.82) is 0 Å². The van der Waals surface area contributed by atoms with E-state index in [9.17, 15) is 19.2 Å². The maximum absolute atomic E-state index is 14.4. The molecule has 0 unspecified atom stereocenters. The molecule has 20 heteroatoms. The summed E-state index contributed by atoms with van der Waals surface area (Å²) in [5, 5.41) is 7.95. The van der Waals surface area contributed by atoms with Crippen molar-refractivity contribution in [3.63, 3.8) is 0 Å². The Balaban J connectivity index is 0.00000272. The van der Waals surface area contributed by atoms with Crippen molar-refractivity contribution in [2.75, 3.05) is 40.5 Å². The van der Waals surface area contributed by atoms with Gasteiger partial charge in [0.15, 0.2) is 6.10 Å². The van der Waals surface area contributed by atoms with Gasteiger partial charge in [-0.05, 0) is 68.9 Å². The van der Waals surface area contributed by atoms with Crippen LogP contribution in [0.4, 0.5) is 4.79 Å². The van der Waals surface area contributed by atoms with Crippen molar-refractivity contribution in [1.82, 2.24) is 35.2 Å². The lowest BCUT2D eigenvalue weighted by molar-refractivity contribution is -0.155. The fourth-order valence-electron chi connectivity index (χ4n) is 8.23. The number of fused-ring (bicyclic) bond motifs is 6. The summed E-state index contributed by atoms with van der Waals surface area (Å²) in [6.45, 7) is 13.8. The Labute approximate surface area is 407 Å². The van der Waals surface area contributed by atoms with Crippen LogP contribution in [0.1, 0.15) is 76.8 Å². The summed E-state index contributed by atoms with van der Waals surface area (Å²) >= 11 is 1.40. The molecule has 1 aromatic carbocycles. The van der Waals surface area contributed by atoms with E-state index in [-0.39, 0.29) is 85.1 Å². The minimum Gasteiger partial charge on any atom is -0.464 e. The highest BCUT2D eigenvalue weighted by Crippen LogP contribution is 2.42. The van der Waals surface area contributed by atoms with Gasteiger partial charge in [0.1, 0.15) is 12.1 Å². The fraction of sp³-hybridized carbons (Fsp3) is 0.545. The van der Waals surface area contributed by atoms with Gasteiger partial charge in [-0.1, -0.05) is 33.8 Å². The third-order valence-electron chi connectivity index (χ3n) is 11.7. The molecule has 7 rings (SSSR count). The second-order valence-corrected chi connectivity index (χ2v) is 18.0. The number of pyridine rings is 1. The minimum absolute atomic E-state index is 0. The van der Waals surface area contributed by atoms with E-state index in [4.69, 9.17) is 28.9 Å². The van der Waals surface area contributed by atoms with Crippen LogP contribution in [-0.4, -0.2) is 113 Å². The molecule has 0 saturated carbocycles. The van der Waals surface area contributed by atoms with Crippen molar-refractivity contribution >= 4 is 100 Å². The Morgan fingerprint density at radius 2 is 1.81 bits per heavy atom. The van der Waals surface area contributed by atoms with Crippen molar-refractivity contribution < 1.29 is 38.1 Å². The molecule has 3 aliphatic rings. The van der Waals surface area contributed by atoms with Gasteiger partial charge in [0.2, 0.25) is 0 Å². The number of ether oxygens (including phenoxy) is 4. The fourth-order valence-corrected chi connectivity index (χ4v) is 9.08. The molecule has 64 heavy (non-hydrogen) atoms. The standard InChI is InChI=1S/C44H57N7O8S.4H2S/c1-9-50-35-15-14-27-18-30(35)31(38(50)29-12-10-16-45-37(29)26(4)56-7)20-44(5,6)24-58-42(54)32-13-11-17-51(48-32)41(53)33(19-36-46-34(27)23-60-36)47-40(52)39(25(2)3)59-43(55)49-21-28(22-49)57-8;;;;/h10,12,14-16,18,23,25-26,28,32-33,39,48H,9,11,13,17,19-22,24H2,1-8H3,(H,47,52);4*1H2/t26-,32-,33-,39-;;;;/m0..../s1. The summed E-state index contributed by atoms with van der Waals surface area (Å²) in [5.41, 5.74) is 9.26. The molecule has 15 nitrogen and oxygen atoms in total. The Bertz CT molecular complexity index is 2250. The molecule has 4 atom stereocenters. The summed E-state index contributed by atoms with van der Waals surface area (Å²) in [6, 6.07) is 8.53. The molecule has 0 radical (unpaired) electrons. The zero-order chi connectivity index (χ0) is 42.9. The molecule has 2 saturated heterocycles. The van der Waals surface area contributed by atoms with Gasteiger partial charge in [0.05, 0.1) is 54.0 Å². The second-order valence-electron chi connectivity index (χ2n) is 17.1. The van der Waals surface area contributed by atoms with E-state index in [2.05, 4.69) is 60.3 Å². The predicted molar refractivity (Wildman–Crippen MR) is 268 cm³/mol. The number of nitrogens with one attached hydrogen (secondary N) is 2. The lowest BCUT2D eigenvalue weighted by Crippen LogP contribution is -2.61. The molecule has 354 valence electrons. The topological polar surface area (TPSA) is 166 Å². The summed E-state index contributed by atoms with van der Waals surface area (Å²) in [7, 11) is 3.27. The van der Waals surface area contributed by atoms with E-state index in [0.29, 0.717) is 50.4 Å². The van der Waals surface area contributed by atoms with Crippen molar-refractivity contribution in [2.24, 2.45) is 11.3 Å². The van der Waals surface area contributed by atoms with Crippen molar-refractivity contribution in [3.05, 3.63) is 58.2 Å². The summed E-state index contributed by atoms with van der Waals surface area (Å²) in [4.78, 5) is 66.4. The van der Waals surface area contributed by atoms with Crippen LogP contribution in [0.5, 0.6) is 0 Å². The molecule has 3 aromatic heterocycles. The Morgan fingerprint density at radius 3 is 2.48 bits per heavy atom. The number of hydrogen-bond donors (Lipinski definition) is 2. The summed E-state index contributed by atoms with van der Waals surface area (Å²) < 4.78 is 25.2. The molecule has 3 amide bonds. The van der Waals surface area contributed by atoms with E-state index < -0.39 is 47.5 Å². The number of esters is 1. The molecule has 6 bridgehead atoms. The lowest BCUT2D eigenvalue weighted by Gasteiger charge is -2.38. The molecule has 6 heterocycles. The molecule has 3 aliphatic heterocycles. The molecule has 4 aromatic rings. The number of hydrogen-bond acceptors (Lipinski definition) is 12. The van der Waals surface area contributed by atoms with Crippen LogP contribution >= 0.6 is 65.3 Å². The van der Waals surface area contributed by atoms with Gasteiger partial charge in [-0.15, -0.1) is 11.3 Å². The number of likely N-dealkylation sites (tertiary alicyclic amines) is 1. The predicted octanol–water partition coefficient (Wildman–Crippen LogP) is 6.15. The highest BCUT2D eigenvalue weighted by molar-refractivity contribution is 7.59. The number of benzene rings is 1. The number of thiazole rings is 1. The first-order chi connectivity index (χ1) is 28.7. The Morgan fingerprint density at radius 1 is 1.08 bits per heavy atom. The van der Waals surface area contributed by atoms with Crippen LogP contribution < -0.4 is 10.7 Å². The van der Waals surface area contributed by atoms with Gasteiger partial charge in [-0.25, -0.2) is 15.2 Å². The summed E-state index contributed by atoms with van der Waals surface area (Å²) in [6.07, 6.45) is 1.36. The van der Waals surface area contributed by atoms with Crippen molar-refractivity contribution in [2.45, 2.75) is 104 Å². The van der Waals surface area contributed by atoms with E-state index in [1.54, 1.807) is 34.3 Å². The first-order valence-corrected chi connectivity index (χ1v) is 21.7. The largest absolute Gasteiger partial charge is 0.464 e. The van der Waals surface area contributed by atoms with Crippen LogP contribution in [-0.2, 0) is 52.7 Å². The number of carbonyl (C=O) groups is 4. The number of rotatable bonds is 9. The van der Waals surface area contributed by atoms with Gasteiger partial charge >= 0.3 is 12.1 Å². The Hall–Kier alpha value is -3.50. The average molecular weight is 980 g/mol. The SMILES string of the molecule is CCn1c(-c2cccnc2[C@H](C)OC)c2c3cc(ccc31)-c1csc(n1)C[C@H](NC(=O)[C@@H](OC(=O)N1CC(OC)C1)C(C)C)C(=O)N1CCC[C@H](N1)C(=O)OCC(C)(C)C2.S.S.S.S. The van der Waals surface area contributed by atoms with E-state index in [0.717, 1.165) is 44.7 Å². The van der Waals surface area contributed by atoms with Crippen LogP contribution in [0.15, 0.2) is 41.9 Å². The molecular weight excluding hydrogens is 915 g/mol. The number of methoxy groups -OCH3 is 2. The van der Waals surface area contributed by atoms with E-state index in [1.807, 2.05) is 18.4 Å². The van der Waals surface area contributed by atoms with E-state index >= 15 is 0 Å². The smallest absolute Gasteiger partial charge is 0.410 e. The maximum Gasteiger partial charge on any atom is 0.410 e. The number of carbonyl (C=O) groups excluding carboxylic acids is 4. The quantitative estimate of drug-likeness (QED) is 0.185. The molecule has 2 N–H and O–H groups in total. The summed E-state index contributed by atoms with van der Waals surface area (Å²) in [5.74, 6) is -1.87. The number of nitrogens with zero attached hydrogens (tertiary/aromatic N) is 5. The number of cyclic esters (lactones) is 1. The molecular formula is C44H65N7O8S5. The van der Waals surface area contributed by atoms with Crippen molar-refractivity contribution in [3.8, 4) is 22.5 Å². The third-order valence-corrected chi connectivity index (χ3v) is 12.6. The zero-order valence-corrected chi connectivity index (χ0v) is 42.6. The minimum atomic E-state index is -1.16. The number of hydrazine groups is 1. The first kappa shape index (κ1) is 54.8. The normalized spacial score (nSPS) is 19.6. The molecule has 0 aliphatic carbocycles. The van der Waals surface area contributed by atoms with Crippen LogP contribution in [0.3, 0.4) is 0 Å². The van der Waals surface area contributed by atoms with Gasteiger partial charge in [0, 0.05) is 72.8 Å². The second kappa shape index (κ2) is 23.3. The van der Waals surface area contributed by atoms with Gasteiger partial charge in [-0.3, -0.25) is 24.4 Å².